The lowest BCUT2D eigenvalue weighted by Crippen LogP contribution is -2.39. The number of carbonyl (C=O) groups excluding carboxylic acids is 2. The third-order valence-electron chi connectivity index (χ3n) is 3.08. The Bertz CT molecular complexity index is 268. The van der Waals surface area contributed by atoms with Crippen LogP contribution in [0.25, 0.3) is 0 Å². The van der Waals surface area contributed by atoms with Gasteiger partial charge in [-0.05, 0) is 0 Å². The van der Waals surface area contributed by atoms with Crippen LogP contribution in [0, 0.1) is 11.8 Å². The number of rotatable bonds is 2. The molecular formula is C10H16N2O3. The summed E-state index contributed by atoms with van der Waals surface area (Å²) in [6.45, 7) is 4.64. The maximum Gasteiger partial charge on any atom is 0.241 e. The van der Waals surface area contributed by atoms with Crippen molar-refractivity contribution >= 4 is 11.8 Å². The second-order valence-corrected chi connectivity index (χ2v) is 4.27. The Balaban J connectivity index is 1.80. The van der Waals surface area contributed by atoms with Crippen molar-refractivity contribution in [2.24, 2.45) is 11.8 Å². The molecule has 0 spiro atoms. The van der Waals surface area contributed by atoms with Crippen LogP contribution in [0.3, 0.4) is 0 Å². The van der Waals surface area contributed by atoms with Crippen molar-refractivity contribution < 1.29 is 14.3 Å². The Hall–Kier alpha value is -1.10. The molecule has 0 radical (unpaired) electrons. The molecule has 0 aromatic rings. The van der Waals surface area contributed by atoms with Gasteiger partial charge in [-0.3, -0.25) is 9.59 Å². The fraction of sp³-hybridized carbons (Fsp3) is 0.800. The van der Waals surface area contributed by atoms with Crippen LogP contribution in [-0.2, 0) is 14.3 Å². The van der Waals surface area contributed by atoms with Gasteiger partial charge >= 0.3 is 0 Å². The summed E-state index contributed by atoms with van der Waals surface area (Å²) in [5.74, 6) is 0.864. The standard InChI is InChI=1S/C10H16N2O3/c1-7(13)11-2-10(14)12-3-8-5-15-6-9(8)4-12/h8-9H,2-6H2,1H3,(H,11,13)/t8-,9-/m0/s1. The van der Waals surface area contributed by atoms with Crippen LogP contribution in [0.1, 0.15) is 6.92 Å². The molecule has 1 N–H and O–H groups in total. The van der Waals surface area contributed by atoms with Gasteiger partial charge in [-0.2, -0.15) is 0 Å². The molecule has 2 saturated heterocycles. The highest BCUT2D eigenvalue weighted by molar-refractivity contribution is 5.83. The lowest BCUT2D eigenvalue weighted by atomic mass is 10.0. The van der Waals surface area contributed by atoms with Crippen molar-refractivity contribution in [1.82, 2.24) is 10.2 Å². The summed E-state index contributed by atoms with van der Waals surface area (Å²) in [6, 6.07) is 0. The molecule has 0 bridgehead atoms. The quantitative estimate of drug-likeness (QED) is 0.653. The molecule has 2 fully saturated rings. The van der Waals surface area contributed by atoms with Gasteiger partial charge in [0, 0.05) is 31.8 Å². The monoisotopic (exact) mass is 212 g/mol. The Morgan fingerprint density at radius 1 is 1.33 bits per heavy atom. The molecule has 5 nitrogen and oxygen atoms in total. The molecule has 0 saturated carbocycles. The molecule has 5 heteroatoms. The minimum atomic E-state index is -0.161. The largest absolute Gasteiger partial charge is 0.381 e. The third kappa shape index (κ3) is 2.28. The maximum atomic E-state index is 11.7. The van der Waals surface area contributed by atoms with E-state index in [-0.39, 0.29) is 18.4 Å². The van der Waals surface area contributed by atoms with E-state index in [1.54, 1.807) is 0 Å². The topological polar surface area (TPSA) is 58.6 Å². The summed E-state index contributed by atoms with van der Waals surface area (Å²) in [6.07, 6.45) is 0. The second kappa shape index (κ2) is 4.18. The van der Waals surface area contributed by atoms with E-state index in [0.717, 1.165) is 26.3 Å². The van der Waals surface area contributed by atoms with Crippen molar-refractivity contribution in [2.45, 2.75) is 6.92 Å². The molecule has 0 aromatic heterocycles. The number of nitrogens with one attached hydrogen (secondary N) is 1. The van der Waals surface area contributed by atoms with Crippen LogP contribution < -0.4 is 5.32 Å². The van der Waals surface area contributed by atoms with E-state index >= 15 is 0 Å². The van der Waals surface area contributed by atoms with E-state index in [9.17, 15) is 9.59 Å². The van der Waals surface area contributed by atoms with Gasteiger partial charge in [-0.1, -0.05) is 0 Å². The third-order valence-corrected chi connectivity index (χ3v) is 3.08. The highest BCUT2D eigenvalue weighted by atomic mass is 16.5. The van der Waals surface area contributed by atoms with Gasteiger partial charge in [0.15, 0.2) is 0 Å². The number of carbonyl (C=O) groups is 2. The van der Waals surface area contributed by atoms with Crippen LogP contribution in [0.15, 0.2) is 0 Å². The molecule has 2 amide bonds. The Morgan fingerprint density at radius 3 is 2.47 bits per heavy atom. The van der Waals surface area contributed by atoms with E-state index in [1.165, 1.54) is 6.92 Å². The van der Waals surface area contributed by atoms with E-state index in [2.05, 4.69) is 5.32 Å². The Kier molecular flexibility index (Phi) is 2.90. The number of fused-ring (bicyclic) bond motifs is 1. The first kappa shape index (κ1) is 10.4. The molecule has 2 aliphatic rings. The van der Waals surface area contributed by atoms with Crippen molar-refractivity contribution in [2.75, 3.05) is 32.8 Å². The van der Waals surface area contributed by atoms with E-state index in [0.29, 0.717) is 11.8 Å². The predicted molar refractivity (Wildman–Crippen MR) is 53.1 cm³/mol. The van der Waals surface area contributed by atoms with E-state index < -0.39 is 0 Å². The molecule has 0 aromatic carbocycles. The van der Waals surface area contributed by atoms with Gasteiger partial charge < -0.3 is 15.0 Å². The zero-order valence-electron chi connectivity index (χ0n) is 8.86. The number of hydrogen-bond donors (Lipinski definition) is 1. The summed E-state index contributed by atoms with van der Waals surface area (Å²) in [5, 5.41) is 2.53. The van der Waals surface area contributed by atoms with Crippen molar-refractivity contribution in [3.63, 3.8) is 0 Å². The second-order valence-electron chi connectivity index (χ2n) is 4.27. The number of likely N-dealkylation sites (tertiary alicyclic amines) is 1. The summed E-state index contributed by atoms with van der Waals surface area (Å²) in [4.78, 5) is 24.1. The van der Waals surface area contributed by atoms with Crippen molar-refractivity contribution in [3.8, 4) is 0 Å². The fourth-order valence-corrected chi connectivity index (χ4v) is 2.20. The first-order valence-electron chi connectivity index (χ1n) is 5.27. The molecule has 2 heterocycles. The molecule has 2 atom stereocenters. The van der Waals surface area contributed by atoms with Crippen molar-refractivity contribution in [1.29, 1.82) is 0 Å². The number of hydrogen-bond acceptors (Lipinski definition) is 3. The number of ether oxygens (including phenoxy) is 1. The summed E-state index contributed by atoms with van der Waals surface area (Å²) in [7, 11) is 0. The fourth-order valence-electron chi connectivity index (χ4n) is 2.20. The smallest absolute Gasteiger partial charge is 0.241 e. The van der Waals surface area contributed by atoms with Gasteiger partial charge in [-0.25, -0.2) is 0 Å². The zero-order valence-corrected chi connectivity index (χ0v) is 8.86. The van der Waals surface area contributed by atoms with Crippen LogP contribution in [0.2, 0.25) is 0 Å². The first-order chi connectivity index (χ1) is 7.16. The Morgan fingerprint density at radius 2 is 1.93 bits per heavy atom. The predicted octanol–water partition coefficient (Wildman–Crippen LogP) is -0.773. The molecule has 0 aliphatic carbocycles. The summed E-state index contributed by atoms with van der Waals surface area (Å²) in [5.41, 5.74) is 0. The van der Waals surface area contributed by atoms with E-state index in [1.807, 2.05) is 4.90 Å². The lowest BCUT2D eigenvalue weighted by molar-refractivity contribution is -0.132. The van der Waals surface area contributed by atoms with Gasteiger partial charge in [0.05, 0.1) is 19.8 Å². The maximum absolute atomic E-state index is 11.7. The normalized spacial score (nSPS) is 29.0. The van der Waals surface area contributed by atoms with Crippen LogP contribution in [-0.4, -0.2) is 49.6 Å². The minimum Gasteiger partial charge on any atom is -0.381 e. The lowest BCUT2D eigenvalue weighted by Gasteiger charge is -2.17. The Labute approximate surface area is 88.8 Å². The highest BCUT2D eigenvalue weighted by Gasteiger charge is 2.38. The zero-order chi connectivity index (χ0) is 10.8. The SMILES string of the molecule is CC(=O)NCC(=O)N1C[C@H]2COC[C@@H]2C1. The summed E-state index contributed by atoms with van der Waals surface area (Å²) < 4.78 is 5.33. The molecular weight excluding hydrogens is 196 g/mol. The first-order valence-corrected chi connectivity index (χ1v) is 5.27. The molecule has 15 heavy (non-hydrogen) atoms. The minimum absolute atomic E-state index is 0.0135. The van der Waals surface area contributed by atoms with Gasteiger partial charge in [0.2, 0.25) is 11.8 Å². The number of nitrogens with zero attached hydrogens (tertiary/aromatic N) is 1. The van der Waals surface area contributed by atoms with Gasteiger partial charge in [0.25, 0.3) is 0 Å². The molecule has 2 aliphatic heterocycles. The van der Waals surface area contributed by atoms with Crippen LogP contribution in [0.5, 0.6) is 0 Å². The molecule has 0 unspecified atom stereocenters. The molecule has 2 rings (SSSR count). The summed E-state index contributed by atoms with van der Waals surface area (Å²) >= 11 is 0. The van der Waals surface area contributed by atoms with Gasteiger partial charge in [-0.15, -0.1) is 0 Å². The van der Waals surface area contributed by atoms with Crippen LogP contribution in [0.4, 0.5) is 0 Å². The number of amides is 2. The average molecular weight is 212 g/mol. The average Bonchev–Trinajstić information content (AvgIpc) is 2.72. The van der Waals surface area contributed by atoms with Crippen LogP contribution >= 0.6 is 0 Å². The van der Waals surface area contributed by atoms with Gasteiger partial charge in [0.1, 0.15) is 0 Å². The highest BCUT2D eigenvalue weighted by Crippen LogP contribution is 2.28. The van der Waals surface area contributed by atoms with Crippen molar-refractivity contribution in [3.05, 3.63) is 0 Å². The molecule has 84 valence electrons. The van der Waals surface area contributed by atoms with E-state index in [4.69, 9.17) is 4.74 Å².